The summed E-state index contributed by atoms with van der Waals surface area (Å²) in [6.07, 6.45) is 5.82. The highest BCUT2D eigenvalue weighted by molar-refractivity contribution is 6.06. The van der Waals surface area contributed by atoms with Gasteiger partial charge in [0, 0.05) is 18.4 Å². The van der Waals surface area contributed by atoms with Gasteiger partial charge in [0.15, 0.2) is 5.78 Å². The van der Waals surface area contributed by atoms with Gasteiger partial charge >= 0.3 is 0 Å². The Bertz CT molecular complexity index is 1240. The van der Waals surface area contributed by atoms with E-state index in [0.29, 0.717) is 12.4 Å². The summed E-state index contributed by atoms with van der Waals surface area (Å²) in [6, 6.07) is 4.56. The zero-order chi connectivity index (χ0) is 20.1. The van der Waals surface area contributed by atoms with Crippen LogP contribution >= 0.6 is 0 Å². The molecule has 0 bridgehead atoms. The standard InChI is InChI=1S/C21H21FN6O/c1-3-19(29)16-5-4-8-27(16)21-23-10-17(12(2)25-21)28-15-7-6-13(22)9-14(15)20-18(28)11-24-26-20/h6-7,9-11,16H,3-5,8H2,1-2H3,(H,24,26)/t16-/m0/s1. The number of nitrogens with zero attached hydrogens (tertiary/aromatic N) is 5. The summed E-state index contributed by atoms with van der Waals surface area (Å²) in [5.74, 6) is 0.517. The number of aryl methyl sites for hydroxylation is 1. The Morgan fingerprint density at radius 1 is 1.31 bits per heavy atom. The number of hydrogen-bond acceptors (Lipinski definition) is 5. The second-order valence-corrected chi connectivity index (χ2v) is 7.44. The first-order valence-electron chi connectivity index (χ1n) is 9.85. The van der Waals surface area contributed by atoms with Crippen LogP contribution in [0.25, 0.3) is 27.6 Å². The van der Waals surface area contributed by atoms with Crippen LogP contribution in [0.5, 0.6) is 0 Å². The number of H-pyrrole nitrogens is 1. The van der Waals surface area contributed by atoms with E-state index in [0.717, 1.165) is 52.7 Å². The molecule has 3 aromatic heterocycles. The summed E-state index contributed by atoms with van der Waals surface area (Å²) in [5, 5.41) is 7.84. The molecule has 5 rings (SSSR count). The Morgan fingerprint density at radius 2 is 2.17 bits per heavy atom. The molecule has 1 atom stereocenters. The number of rotatable bonds is 4. The Labute approximate surface area is 166 Å². The molecule has 0 aliphatic carbocycles. The van der Waals surface area contributed by atoms with Crippen LogP contribution in [0, 0.1) is 12.7 Å². The molecule has 0 spiro atoms. The molecule has 1 N–H and O–H groups in total. The van der Waals surface area contributed by atoms with Crippen molar-refractivity contribution in [1.29, 1.82) is 0 Å². The molecule has 148 valence electrons. The first-order valence-corrected chi connectivity index (χ1v) is 9.85. The maximum atomic E-state index is 13.8. The third-order valence-electron chi connectivity index (χ3n) is 5.74. The largest absolute Gasteiger partial charge is 0.331 e. The van der Waals surface area contributed by atoms with Crippen molar-refractivity contribution in [3.05, 3.63) is 42.1 Å². The predicted octanol–water partition coefficient (Wildman–Crippen LogP) is 3.69. The van der Waals surface area contributed by atoms with Crippen LogP contribution in [0.1, 0.15) is 31.9 Å². The molecule has 0 unspecified atom stereocenters. The van der Waals surface area contributed by atoms with Crippen molar-refractivity contribution in [3.8, 4) is 5.69 Å². The first kappa shape index (κ1) is 17.8. The second kappa shape index (κ2) is 6.65. The van der Waals surface area contributed by atoms with E-state index < -0.39 is 0 Å². The molecule has 1 fully saturated rings. The van der Waals surface area contributed by atoms with Crippen LogP contribution in [0.4, 0.5) is 10.3 Å². The number of carbonyl (C=O) groups is 1. The van der Waals surface area contributed by atoms with Gasteiger partial charge in [-0.25, -0.2) is 14.4 Å². The van der Waals surface area contributed by atoms with Gasteiger partial charge in [0.05, 0.1) is 46.4 Å². The van der Waals surface area contributed by atoms with Crippen molar-refractivity contribution in [2.45, 2.75) is 39.2 Å². The Hall–Kier alpha value is -3.29. The summed E-state index contributed by atoms with van der Waals surface area (Å²) in [4.78, 5) is 23.6. The van der Waals surface area contributed by atoms with Crippen molar-refractivity contribution in [1.82, 2.24) is 24.7 Å². The van der Waals surface area contributed by atoms with E-state index in [9.17, 15) is 9.18 Å². The Kier molecular flexibility index (Phi) is 4.08. The normalized spacial score (nSPS) is 16.9. The number of aromatic nitrogens is 5. The smallest absolute Gasteiger partial charge is 0.226 e. The van der Waals surface area contributed by atoms with E-state index in [1.165, 1.54) is 12.1 Å². The Balaban J connectivity index is 1.63. The molecule has 4 aromatic rings. The third kappa shape index (κ3) is 2.70. The SMILES string of the molecule is CCC(=O)[C@@H]1CCCN1c1ncc(-n2c3ccc(F)cc3c3[nH]ncc32)c(C)n1. The van der Waals surface area contributed by atoms with E-state index >= 15 is 0 Å². The lowest BCUT2D eigenvalue weighted by Gasteiger charge is -2.24. The molecule has 1 aliphatic heterocycles. The average molecular weight is 392 g/mol. The molecular formula is C21H21FN6O. The topological polar surface area (TPSA) is 79.7 Å². The minimum atomic E-state index is -0.296. The minimum Gasteiger partial charge on any atom is -0.331 e. The maximum absolute atomic E-state index is 13.8. The summed E-state index contributed by atoms with van der Waals surface area (Å²) >= 11 is 0. The van der Waals surface area contributed by atoms with Crippen LogP contribution < -0.4 is 4.90 Å². The van der Waals surface area contributed by atoms with Gasteiger partial charge in [-0.2, -0.15) is 5.10 Å². The average Bonchev–Trinajstić information content (AvgIpc) is 3.44. The van der Waals surface area contributed by atoms with Gasteiger partial charge in [0.2, 0.25) is 5.95 Å². The fourth-order valence-corrected chi connectivity index (χ4v) is 4.32. The van der Waals surface area contributed by atoms with Crippen LogP contribution in [-0.2, 0) is 4.79 Å². The van der Waals surface area contributed by atoms with Crippen LogP contribution in [-0.4, -0.2) is 43.1 Å². The summed E-state index contributed by atoms with van der Waals surface area (Å²) in [7, 11) is 0. The number of halogens is 1. The molecule has 8 heteroatoms. The monoisotopic (exact) mass is 392 g/mol. The van der Waals surface area contributed by atoms with E-state index in [1.807, 2.05) is 23.3 Å². The lowest BCUT2D eigenvalue weighted by molar-refractivity contribution is -0.119. The molecule has 1 aromatic carbocycles. The number of carbonyl (C=O) groups excluding carboxylic acids is 1. The van der Waals surface area contributed by atoms with Crippen molar-refractivity contribution in [2.75, 3.05) is 11.4 Å². The molecule has 1 saturated heterocycles. The molecule has 4 heterocycles. The zero-order valence-corrected chi connectivity index (χ0v) is 16.3. The zero-order valence-electron chi connectivity index (χ0n) is 16.3. The lowest BCUT2D eigenvalue weighted by atomic mass is 10.1. The number of fused-ring (bicyclic) bond motifs is 3. The van der Waals surface area contributed by atoms with Gasteiger partial charge in [0.25, 0.3) is 0 Å². The first-order chi connectivity index (χ1) is 14.1. The summed E-state index contributed by atoms with van der Waals surface area (Å²) < 4.78 is 15.8. The van der Waals surface area contributed by atoms with Gasteiger partial charge in [0.1, 0.15) is 5.82 Å². The molecule has 0 radical (unpaired) electrons. The fourth-order valence-electron chi connectivity index (χ4n) is 4.32. The number of anilines is 1. The molecule has 7 nitrogen and oxygen atoms in total. The number of aromatic amines is 1. The third-order valence-corrected chi connectivity index (χ3v) is 5.74. The van der Waals surface area contributed by atoms with Crippen molar-refractivity contribution in [3.63, 3.8) is 0 Å². The van der Waals surface area contributed by atoms with Crippen molar-refractivity contribution >= 4 is 33.7 Å². The predicted molar refractivity (Wildman–Crippen MR) is 109 cm³/mol. The Morgan fingerprint density at radius 3 is 2.97 bits per heavy atom. The van der Waals surface area contributed by atoms with Crippen LogP contribution in [0.2, 0.25) is 0 Å². The molecule has 0 saturated carbocycles. The number of ketones is 1. The molecule has 29 heavy (non-hydrogen) atoms. The second-order valence-electron chi connectivity index (χ2n) is 7.44. The number of benzene rings is 1. The highest BCUT2D eigenvalue weighted by Gasteiger charge is 2.31. The van der Waals surface area contributed by atoms with E-state index in [2.05, 4.69) is 15.2 Å². The van der Waals surface area contributed by atoms with Crippen LogP contribution in [0.3, 0.4) is 0 Å². The van der Waals surface area contributed by atoms with Gasteiger partial charge in [-0.3, -0.25) is 9.89 Å². The van der Waals surface area contributed by atoms with Crippen molar-refractivity contribution in [2.24, 2.45) is 0 Å². The van der Waals surface area contributed by atoms with Crippen LogP contribution in [0.15, 0.2) is 30.6 Å². The molecule has 1 aliphatic rings. The van der Waals surface area contributed by atoms with Gasteiger partial charge in [-0.1, -0.05) is 6.92 Å². The summed E-state index contributed by atoms with van der Waals surface area (Å²) in [6.45, 7) is 4.60. The van der Waals surface area contributed by atoms with E-state index in [1.54, 1.807) is 18.5 Å². The lowest BCUT2D eigenvalue weighted by Crippen LogP contribution is -2.37. The van der Waals surface area contributed by atoms with Gasteiger partial charge in [-0.15, -0.1) is 0 Å². The van der Waals surface area contributed by atoms with Gasteiger partial charge < -0.3 is 9.47 Å². The maximum Gasteiger partial charge on any atom is 0.226 e. The quantitative estimate of drug-likeness (QED) is 0.573. The molecular weight excluding hydrogens is 371 g/mol. The van der Waals surface area contributed by atoms with E-state index in [-0.39, 0.29) is 17.6 Å². The number of hydrogen-bond donors (Lipinski definition) is 1. The summed E-state index contributed by atoms with van der Waals surface area (Å²) in [5.41, 5.74) is 4.06. The van der Waals surface area contributed by atoms with Gasteiger partial charge in [-0.05, 0) is 38.0 Å². The number of nitrogens with one attached hydrogen (secondary N) is 1. The highest BCUT2D eigenvalue weighted by Crippen LogP contribution is 2.32. The number of Topliss-reactive ketones (excluding diaryl/α,β-unsaturated/α-hetero) is 1. The minimum absolute atomic E-state index is 0.138. The fraction of sp³-hybridized carbons (Fsp3) is 0.333. The molecule has 0 amide bonds. The highest BCUT2D eigenvalue weighted by atomic mass is 19.1. The van der Waals surface area contributed by atoms with Crippen molar-refractivity contribution < 1.29 is 9.18 Å². The van der Waals surface area contributed by atoms with E-state index in [4.69, 9.17) is 4.98 Å².